The van der Waals surface area contributed by atoms with E-state index in [9.17, 15) is 9.59 Å². The summed E-state index contributed by atoms with van der Waals surface area (Å²) in [5.41, 5.74) is 0.977. The number of nitrogens with zero attached hydrogens (tertiary/aromatic N) is 1. The molecule has 3 rings (SSSR count). The third-order valence-corrected chi connectivity index (χ3v) is 5.54. The maximum Gasteiger partial charge on any atom is 0.226 e. The minimum atomic E-state index is -0.00682. The van der Waals surface area contributed by atoms with Gasteiger partial charge in [-0.2, -0.15) is 0 Å². The molecule has 23 heavy (non-hydrogen) atoms. The lowest BCUT2D eigenvalue weighted by Crippen LogP contribution is -2.46. The average Bonchev–Trinajstić information content (AvgIpc) is 3.30. The lowest BCUT2D eigenvalue weighted by molar-refractivity contribution is -0.133. The van der Waals surface area contributed by atoms with E-state index in [4.69, 9.17) is 23.2 Å². The standard InChI is InChI=1S/C17H20Cl2N2O2/c1-10(22)20-11-5-7-21(8-6-11)17(23)14-9-13(14)12-3-2-4-15(18)16(12)19/h2-4,11,13-14H,5-9H2,1H3,(H,20,22). The number of likely N-dealkylation sites (tertiary alicyclic amines) is 1. The summed E-state index contributed by atoms with van der Waals surface area (Å²) in [5.74, 6) is 0.394. The van der Waals surface area contributed by atoms with Crippen molar-refractivity contribution in [3.8, 4) is 0 Å². The molecule has 2 amide bonds. The minimum absolute atomic E-state index is 0.00682. The molecule has 2 unspecified atom stereocenters. The number of hydrogen-bond acceptors (Lipinski definition) is 2. The molecule has 0 bridgehead atoms. The second-order valence-corrected chi connectivity index (χ2v) is 7.18. The number of rotatable bonds is 3. The number of amides is 2. The summed E-state index contributed by atoms with van der Waals surface area (Å²) in [7, 11) is 0. The van der Waals surface area contributed by atoms with E-state index in [0.29, 0.717) is 23.1 Å². The summed E-state index contributed by atoms with van der Waals surface area (Å²) in [6.07, 6.45) is 2.48. The molecule has 0 radical (unpaired) electrons. The van der Waals surface area contributed by atoms with Crippen LogP contribution in [-0.4, -0.2) is 35.8 Å². The maximum absolute atomic E-state index is 12.6. The molecule has 2 aliphatic rings. The summed E-state index contributed by atoms with van der Waals surface area (Å²) in [6.45, 7) is 2.94. The van der Waals surface area contributed by atoms with Crippen LogP contribution in [0.5, 0.6) is 0 Å². The fourth-order valence-corrected chi connectivity index (χ4v) is 3.83. The molecule has 1 aromatic carbocycles. The van der Waals surface area contributed by atoms with E-state index in [2.05, 4.69) is 5.32 Å². The molecule has 4 nitrogen and oxygen atoms in total. The third-order valence-electron chi connectivity index (χ3n) is 4.70. The molecule has 1 N–H and O–H groups in total. The smallest absolute Gasteiger partial charge is 0.226 e. The van der Waals surface area contributed by atoms with Gasteiger partial charge in [-0.3, -0.25) is 9.59 Å². The minimum Gasteiger partial charge on any atom is -0.353 e. The zero-order valence-electron chi connectivity index (χ0n) is 13.0. The van der Waals surface area contributed by atoms with Gasteiger partial charge in [0.15, 0.2) is 0 Å². The first-order chi connectivity index (χ1) is 11.0. The summed E-state index contributed by atoms with van der Waals surface area (Å²) in [4.78, 5) is 25.6. The van der Waals surface area contributed by atoms with E-state index < -0.39 is 0 Å². The van der Waals surface area contributed by atoms with E-state index in [1.54, 1.807) is 6.07 Å². The number of halogens is 2. The summed E-state index contributed by atoms with van der Waals surface area (Å²) < 4.78 is 0. The molecular weight excluding hydrogens is 335 g/mol. The molecule has 2 atom stereocenters. The van der Waals surface area contributed by atoms with Crippen LogP contribution < -0.4 is 5.32 Å². The molecule has 1 aromatic rings. The topological polar surface area (TPSA) is 49.4 Å². The number of piperidine rings is 1. The van der Waals surface area contributed by atoms with Crippen LogP contribution in [0.3, 0.4) is 0 Å². The van der Waals surface area contributed by atoms with E-state index in [-0.39, 0.29) is 29.7 Å². The molecule has 1 heterocycles. The van der Waals surface area contributed by atoms with Gasteiger partial charge in [0.05, 0.1) is 10.0 Å². The number of carbonyl (C=O) groups is 2. The van der Waals surface area contributed by atoms with Crippen molar-refractivity contribution in [3.05, 3.63) is 33.8 Å². The van der Waals surface area contributed by atoms with Gasteiger partial charge in [0.1, 0.15) is 0 Å². The van der Waals surface area contributed by atoms with Gasteiger partial charge >= 0.3 is 0 Å². The third kappa shape index (κ3) is 3.64. The Morgan fingerprint density at radius 3 is 2.57 bits per heavy atom. The van der Waals surface area contributed by atoms with Crippen molar-refractivity contribution in [2.24, 2.45) is 5.92 Å². The highest BCUT2D eigenvalue weighted by atomic mass is 35.5. The largest absolute Gasteiger partial charge is 0.353 e. The van der Waals surface area contributed by atoms with Crippen molar-refractivity contribution in [1.29, 1.82) is 0 Å². The van der Waals surface area contributed by atoms with Crippen molar-refractivity contribution in [2.75, 3.05) is 13.1 Å². The Labute approximate surface area is 146 Å². The lowest BCUT2D eigenvalue weighted by Gasteiger charge is -2.32. The lowest BCUT2D eigenvalue weighted by atomic mass is 10.0. The highest BCUT2D eigenvalue weighted by molar-refractivity contribution is 6.42. The molecular formula is C17H20Cl2N2O2. The maximum atomic E-state index is 12.6. The SMILES string of the molecule is CC(=O)NC1CCN(C(=O)C2CC2c2cccc(Cl)c2Cl)CC1. The molecule has 6 heteroatoms. The van der Waals surface area contributed by atoms with Crippen LogP contribution in [0.15, 0.2) is 18.2 Å². The molecule has 1 aliphatic heterocycles. The first kappa shape index (κ1) is 16.6. The fourth-order valence-electron chi connectivity index (χ4n) is 3.38. The Balaban J connectivity index is 1.57. The second kappa shape index (κ2) is 6.70. The normalized spacial score (nSPS) is 24.4. The van der Waals surface area contributed by atoms with Gasteiger partial charge in [0, 0.05) is 32.0 Å². The van der Waals surface area contributed by atoms with Crippen molar-refractivity contribution < 1.29 is 9.59 Å². The fraction of sp³-hybridized carbons (Fsp3) is 0.529. The summed E-state index contributed by atoms with van der Waals surface area (Å²) in [5, 5.41) is 4.03. The van der Waals surface area contributed by atoms with Crippen LogP contribution in [0.2, 0.25) is 10.0 Å². The molecule has 1 saturated heterocycles. The van der Waals surface area contributed by atoms with Crippen molar-refractivity contribution in [2.45, 2.75) is 38.1 Å². The molecule has 0 spiro atoms. The first-order valence-corrected chi connectivity index (χ1v) is 8.72. The Hall–Kier alpha value is -1.26. The van der Waals surface area contributed by atoms with E-state index in [1.165, 1.54) is 6.92 Å². The monoisotopic (exact) mass is 354 g/mol. The van der Waals surface area contributed by atoms with E-state index >= 15 is 0 Å². The number of benzene rings is 1. The van der Waals surface area contributed by atoms with Gasteiger partial charge in [-0.1, -0.05) is 35.3 Å². The summed E-state index contributed by atoms with van der Waals surface area (Å²) >= 11 is 12.3. The van der Waals surface area contributed by atoms with Gasteiger partial charge in [0.25, 0.3) is 0 Å². The van der Waals surface area contributed by atoms with Gasteiger partial charge in [-0.25, -0.2) is 0 Å². The second-order valence-electron chi connectivity index (χ2n) is 6.39. The van der Waals surface area contributed by atoms with Crippen LogP contribution in [-0.2, 0) is 9.59 Å². The van der Waals surface area contributed by atoms with Crippen LogP contribution in [0.4, 0.5) is 0 Å². The average molecular weight is 355 g/mol. The van der Waals surface area contributed by atoms with Gasteiger partial charge in [-0.05, 0) is 36.8 Å². The number of hydrogen-bond donors (Lipinski definition) is 1. The van der Waals surface area contributed by atoms with Crippen LogP contribution in [0.25, 0.3) is 0 Å². The molecule has 1 aliphatic carbocycles. The van der Waals surface area contributed by atoms with Gasteiger partial charge in [-0.15, -0.1) is 0 Å². The Morgan fingerprint density at radius 2 is 1.91 bits per heavy atom. The highest BCUT2D eigenvalue weighted by Crippen LogP contribution is 2.51. The molecule has 1 saturated carbocycles. The van der Waals surface area contributed by atoms with Crippen molar-refractivity contribution in [1.82, 2.24) is 10.2 Å². The number of carbonyl (C=O) groups excluding carboxylic acids is 2. The molecule has 2 fully saturated rings. The quantitative estimate of drug-likeness (QED) is 0.905. The number of nitrogens with one attached hydrogen (secondary N) is 1. The zero-order chi connectivity index (χ0) is 16.6. The van der Waals surface area contributed by atoms with E-state index in [1.807, 2.05) is 17.0 Å². The Bertz CT molecular complexity index is 627. The zero-order valence-corrected chi connectivity index (χ0v) is 14.5. The summed E-state index contributed by atoms with van der Waals surface area (Å²) in [6, 6.07) is 5.78. The molecule has 0 aromatic heterocycles. The van der Waals surface area contributed by atoms with Crippen molar-refractivity contribution in [3.63, 3.8) is 0 Å². The highest BCUT2D eigenvalue weighted by Gasteiger charge is 2.47. The Kier molecular flexibility index (Phi) is 4.83. The molecule has 124 valence electrons. The first-order valence-electron chi connectivity index (χ1n) is 7.97. The van der Waals surface area contributed by atoms with Crippen molar-refractivity contribution >= 4 is 35.0 Å². The van der Waals surface area contributed by atoms with Crippen LogP contribution in [0.1, 0.15) is 37.7 Å². The predicted octanol–water partition coefficient (Wildman–Crippen LogP) is 3.22. The van der Waals surface area contributed by atoms with Crippen LogP contribution in [0, 0.1) is 5.92 Å². The van der Waals surface area contributed by atoms with Gasteiger partial charge in [0.2, 0.25) is 11.8 Å². The van der Waals surface area contributed by atoms with Gasteiger partial charge < -0.3 is 10.2 Å². The Morgan fingerprint density at radius 1 is 1.22 bits per heavy atom. The van der Waals surface area contributed by atoms with Crippen LogP contribution >= 0.6 is 23.2 Å². The van der Waals surface area contributed by atoms with E-state index in [0.717, 1.165) is 24.8 Å². The predicted molar refractivity (Wildman–Crippen MR) is 90.7 cm³/mol.